The summed E-state index contributed by atoms with van der Waals surface area (Å²) in [7, 11) is 0. The van der Waals surface area contributed by atoms with Gasteiger partial charge in [-0.15, -0.1) is 0 Å². The van der Waals surface area contributed by atoms with Gasteiger partial charge in [0.25, 0.3) is 5.91 Å². The number of nitrogens with zero attached hydrogens (tertiary/aromatic N) is 3. The van der Waals surface area contributed by atoms with E-state index in [1.165, 1.54) is 29.3 Å². The molecule has 2 heterocycles. The van der Waals surface area contributed by atoms with Gasteiger partial charge < -0.3 is 20.2 Å². The first-order chi connectivity index (χ1) is 14.1. The summed E-state index contributed by atoms with van der Waals surface area (Å²) < 4.78 is 38.9. The van der Waals surface area contributed by atoms with Crippen molar-refractivity contribution in [2.24, 2.45) is 0 Å². The van der Waals surface area contributed by atoms with Crippen molar-refractivity contribution in [1.82, 2.24) is 9.88 Å². The van der Waals surface area contributed by atoms with Crippen molar-refractivity contribution in [2.75, 3.05) is 29.9 Å². The topological polar surface area (TPSA) is 85.8 Å². The Hall–Kier alpha value is -2.82. The molecule has 1 fully saturated rings. The molecule has 2 N–H and O–H groups in total. The number of anilines is 2. The van der Waals surface area contributed by atoms with Crippen molar-refractivity contribution >= 4 is 39.4 Å². The van der Waals surface area contributed by atoms with Gasteiger partial charge >= 0.3 is 12.3 Å². The van der Waals surface area contributed by atoms with Gasteiger partial charge in [0.2, 0.25) is 0 Å². The molecule has 1 aliphatic heterocycles. The monoisotopic (exact) mass is 486 g/mol. The van der Waals surface area contributed by atoms with E-state index in [1.807, 2.05) is 11.8 Å². The van der Waals surface area contributed by atoms with Crippen molar-refractivity contribution in [2.45, 2.75) is 19.1 Å². The molecule has 1 aliphatic rings. The van der Waals surface area contributed by atoms with Crippen LogP contribution >= 0.6 is 15.9 Å². The first-order valence-corrected chi connectivity index (χ1v) is 9.74. The molecular weight excluding hydrogens is 469 g/mol. The summed E-state index contributed by atoms with van der Waals surface area (Å²) in [6, 6.07) is 6.50. The molecule has 7 nitrogen and oxygen atoms in total. The Balaban J connectivity index is 1.70. The van der Waals surface area contributed by atoms with Gasteiger partial charge in [-0.05, 0) is 37.3 Å². The van der Waals surface area contributed by atoms with Gasteiger partial charge in [-0.3, -0.25) is 4.79 Å². The highest BCUT2D eigenvalue weighted by Gasteiger charge is 2.33. The molecule has 1 saturated heterocycles. The van der Waals surface area contributed by atoms with Crippen LogP contribution in [-0.4, -0.2) is 52.7 Å². The molecule has 0 bridgehead atoms. The zero-order valence-electron chi connectivity index (χ0n) is 15.8. The second kappa shape index (κ2) is 8.50. The molecule has 0 spiro atoms. The van der Waals surface area contributed by atoms with E-state index < -0.39 is 23.7 Å². The Morgan fingerprint density at radius 1 is 1.23 bits per heavy atom. The number of aromatic nitrogens is 1. The van der Waals surface area contributed by atoms with Crippen molar-refractivity contribution in [3.63, 3.8) is 0 Å². The number of carbonyl (C=O) groups is 2. The average molecular weight is 487 g/mol. The Kier molecular flexibility index (Phi) is 6.20. The number of carbonyl (C=O) groups excluding carboxylic acids is 1. The van der Waals surface area contributed by atoms with Crippen LogP contribution < -0.4 is 10.2 Å². The zero-order chi connectivity index (χ0) is 22.1. The van der Waals surface area contributed by atoms with Crippen LogP contribution in [0.4, 0.5) is 29.5 Å². The van der Waals surface area contributed by atoms with E-state index in [2.05, 4.69) is 26.2 Å². The summed E-state index contributed by atoms with van der Waals surface area (Å²) in [6.07, 6.45) is -4.18. The fourth-order valence-electron chi connectivity index (χ4n) is 3.19. The van der Waals surface area contributed by atoms with Crippen LogP contribution in [0.3, 0.4) is 0 Å². The molecule has 2 amide bonds. The van der Waals surface area contributed by atoms with Crippen LogP contribution in [0, 0.1) is 0 Å². The Labute approximate surface area is 178 Å². The first kappa shape index (κ1) is 21.9. The minimum absolute atomic E-state index is 0.0121. The molecule has 1 aromatic carbocycles. The van der Waals surface area contributed by atoms with E-state index in [0.29, 0.717) is 25.5 Å². The van der Waals surface area contributed by atoms with Crippen LogP contribution in [0.2, 0.25) is 0 Å². The van der Waals surface area contributed by atoms with Gasteiger partial charge in [0, 0.05) is 42.0 Å². The molecule has 160 valence electrons. The quantitative estimate of drug-likeness (QED) is 0.675. The van der Waals surface area contributed by atoms with Crippen LogP contribution in [0.1, 0.15) is 22.8 Å². The van der Waals surface area contributed by atoms with Crippen molar-refractivity contribution in [1.29, 1.82) is 0 Å². The predicted molar refractivity (Wildman–Crippen MR) is 108 cm³/mol. The van der Waals surface area contributed by atoms with E-state index in [4.69, 9.17) is 5.11 Å². The van der Waals surface area contributed by atoms with E-state index in [9.17, 15) is 22.8 Å². The van der Waals surface area contributed by atoms with E-state index in [1.54, 1.807) is 6.07 Å². The van der Waals surface area contributed by atoms with Crippen LogP contribution in [0.15, 0.2) is 41.0 Å². The minimum atomic E-state index is -4.55. The molecule has 0 aliphatic carbocycles. The Bertz CT molecular complexity index is 953. The van der Waals surface area contributed by atoms with Gasteiger partial charge in [0.1, 0.15) is 5.82 Å². The number of rotatable bonds is 3. The third-order valence-electron chi connectivity index (χ3n) is 4.73. The fraction of sp³-hybridized carbons (Fsp3) is 0.316. The smallest absolute Gasteiger partial charge is 0.417 e. The Morgan fingerprint density at radius 2 is 1.97 bits per heavy atom. The third-order valence-corrected chi connectivity index (χ3v) is 5.42. The molecule has 1 aromatic heterocycles. The molecule has 0 radical (unpaired) electrons. The predicted octanol–water partition coefficient (Wildman–Crippen LogP) is 4.30. The lowest BCUT2D eigenvalue weighted by atomic mass is 10.1. The summed E-state index contributed by atoms with van der Waals surface area (Å²) in [4.78, 5) is 31.0. The number of hydrogen-bond acceptors (Lipinski definition) is 4. The van der Waals surface area contributed by atoms with Gasteiger partial charge in [-0.25, -0.2) is 9.78 Å². The average Bonchev–Trinajstić information content (AvgIpc) is 2.68. The lowest BCUT2D eigenvalue weighted by molar-refractivity contribution is -0.138. The molecule has 11 heteroatoms. The number of alkyl halides is 3. The number of hydrogen-bond donors (Lipinski definition) is 2. The highest BCUT2D eigenvalue weighted by atomic mass is 79.9. The van der Waals surface area contributed by atoms with Crippen molar-refractivity contribution in [3.05, 3.63) is 52.1 Å². The number of halogens is 4. The van der Waals surface area contributed by atoms with Gasteiger partial charge in [0.05, 0.1) is 11.1 Å². The summed E-state index contributed by atoms with van der Waals surface area (Å²) in [5.41, 5.74) is -0.687. The fourth-order valence-corrected chi connectivity index (χ4v) is 3.66. The normalized spacial score (nSPS) is 17.0. The SMILES string of the molecule is C[C@@H]1CN(C(=O)O)CCN1c1ccc(C(=O)Nc2ccc(Br)c(C(F)(F)F)c2)cn1. The summed E-state index contributed by atoms with van der Waals surface area (Å²) in [5, 5.41) is 11.5. The molecule has 1 atom stereocenters. The van der Waals surface area contributed by atoms with E-state index in [0.717, 1.165) is 6.07 Å². The number of piperazine rings is 1. The Morgan fingerprint density at radius 3 is 2.53 bits per heavy atom. The van der Waals surface area contributed by atoms with Crippen LogP contribution in [0.5, 0.6) is 0 Å². The number of carboxylic acid groups (broad SMARTS) is 1. The highest BCUT2D eigenvalue weighted by molar-refractivity contribution is 9.10. The third kappa shape index (κ3) is 4.84. The van der Waals surface area contributed by atoms with Gasteiger partial charge in [-0.2, -0.15) is 13.2 Å². The maximum Gasteiger partial charge on any atom is 0.417 e. The van der Waals surface area contributed by atoms with Crippen molar-refractivity contribution < 1.29 is 27.9 Å². The van der Waals surface area contributed by atoms with E-state index >= 15 is 0 Å². The first-order valence-electron chi connectivity index (χ1n) is 8.95. The second-order valence-corrected chi connectivity index (χ2v) is 7.68. The maximum absolute atomic E-state index is 13.0. The summed E-state index contributed by atoms with van der Waals surface area (Å²) in [5.74, 6) is 0.000306. The van der Waals surface area contributed by atoms with Crippen molar-refractivity contribution in [3.8, 4) is 0 Å². The largest absolute Gasteiger partial charge is 0.465 e. The number of benzene rings is 1. The summed E-state index contributed by atoms with van der Waals surface area (Å²) in [6.45, 7) is 3.02. The van der Waals surface area contributed by atoms with Gasteiger partial charge in [-0.1, -0.05) is 15.9 Å². The zero-order valence-corrected chi connectivity index (χ0v) is 17.4. The molecule has 0 saturated carbocycles. The maximum atomic E-state index is 13.0. The lowest BCUT2D eigenvalue weighted by Crippen LogP contribution is -2.53. The van der Waals surface area contributed by atoms with Crippen LogP contribution in [-0.2, 0) is 6.18 Å². The van der Waals surface area contributed by atoms with Crippen LogP contribution in [0.25, 0.3) is 0 Å². The van der Waals surface area contributed by atoms with Gasteiger partial charge in [0.15, 0.2) is 0 Å². The van der Waals surface area contributed by atoms with E-state index in [-0.39, 0.29) is 21.8 Å². The standard InChI is InChI=1S/C19H18BrF3N4O3/c1-11-10-26(18(29)30)6-7-27(11)16-5-2-12(9-24-16)17(28)25-13-3-4-15(20)14(8-13)19(21,22)23/h2-5,8-9,11H,6-7,10H2,1H3,(H,25,28)(H,29,30)/t11-/m1/s1. The highest BCUT2D eigenvalue weighted by Crippen LogP contribution is 2.36. The molecule has 2 aromatic rings. The number of pyridine rings is 1. The number of amides is 2. The molecule has 30 heavy (non-hydrogen) atoms. The lowest BCUT2D eigenvalue weighted by Gasteiger charge is -2.39. The summed E-state index contributed by atoms with van der Waals surface area (Å²) >= 11 is 2.86. The second-order valence-electron chi connectivity index (χ2n) is 6.82. The molecular formula is C19H18BrF3N4O3. The minimum Gasteiger partial charge on any atom is -0.465 e. The molecule has 0 unspecified atom stereocenters. The number of nitrogens with one attached hydrogen (secondary N) is 1. The molecule has 3 rings (SSSR count).